The van der Waals surface area contributed by atoms with Crippen LogP contribution in [0.15, 0.2) is 0 Å². The highest BCUT2D eigenvalue weighted by atomic mass is 16.8. The van der Waals surface area contributed by atoms with E-state index in [-0.39, 0.29) is 37.0 Å². The summed E-state index contributed by atoms with van der Waals surface area (Å²) in [5, 5.41) is 42.0. The number of rotatable bonds is 17. The minimum absolute atomic E-state index is 0.00280. The molecule has 0 aliphatic carbocycles. The van der Waals surface area contributed by atoms with Crippen molar-refractivity contribution in [3.05, 3.63) is 0 Å². The molecule has 2 fully saturated rings. The lowest BCUT2D eigenvalue weighted by Crippen LogP contribution is -2.65. The van der Waals surface area contributed by atoms with Gasteiger partial charge >= 0.3 is 23.9 Å². The van der Waals surface area contributed by atoms with Gasteiger partial charge in [0.2, 0.25) is 12.1 Å². The zero-order valence-electron chi connectivity index (χ0n) is 28.7. The second-order valence-electron chi connectivity index (χ2n) is 13.5. The maximum Gasteiger partial charge on any atom is 0.309 e. The summed E-state index contributed by atoms with van der Waals surface area (Å²) in [6, 6.07) is 0. The fraction of sp³-hybridized carbons (Fsp3) is 0.875. The minimum atomic E-state index is -2.39. The Morgan fingerprint density at radius 3 is 1.70 bits per heavy atom. The number of carbonyl (C=O) groups is 4. The van der Waals surface area contributed by atoms with Gasteiger partial charge in [0, 0.05) is 19.3 Å². The quantitative estimate of drug-likeness (QED) is 0.125. The van der Waals surface area contributed by atoms with Crippen LogP contribution in [0.25, 0.3) is 0 Å². The topological polar surface area (TPSA) is 214 Å². The van der Waals surface area contributed by atoms with Gasteiger partial charge in [-0.3, -0.25) is 19.2 Å². The van der Waals surface area contributed by atoms with E-state index in [1.165, 1.54) is 0 Å². The number of ether oxygens (including phenoxy) is 7. The second-order valence-corrected chi connectivity index (χ2v) is 13.5. The monoisotopic (exact) mass is 678 g/mol. The lowest BCUT2D eigenvalue weighted by Gasteiger charge is -2.46. The summed E-state index contributed by atoms with van der Waals surface area (Å²) in [5.74, 6) is -6.25. The van der Waals surface area contributed by atoms with Gasteiger partial charge in [0.25, 0.3) is 0 Å². The van der Waals surface area contributed by atoms with Crippen LogP contribution in [0.4, 0.5) is 0 Å². The van der Waals surface area contributed by atoms with Crippen LogP contribution in [0.5, 0.6) is 0 Å². The van der Waals surface area contributed by atoms with Crippen molar-refractivity contribution in [1.29, 1.82) is 0 Å². The van der Waals surface area contributed by atoms with E-state index in [4.69, 9.17) is 33.2 Å². The number of aliphatic hydroxyl groups excluding tert-OH is 4. The van der Waals surface area contributed by atoms with Crippen LogP contribution >= 0.6 is 0 Å². The van der Waals surface area contributed by atoms with Crippen LogP contribution in [0.3, 0.4) is 0 Å². The molecule has 0 spiro atoms. The maximum absolute atomic E-state index is 13.2. The minimum Gasteiger partial charge on any atom is -0.460 e. The van der Waals surface area contributed by atoms with Gasteiger partial charge in [-0.05, 0) is 24.2 Å². The SMILES string of the molecule is CC[C@@H](C)C(=O)O[C@@H]1[C@@H](OC(=O)CC(C)C)[C@@H](O[C@]2(COC(=O)CC(C)C)O[C@H](CO)[C@@H](O)[C@@H]2O)O[C@H](CO)[C@H]1OC(=O)CC(C)C. The molecule has 4 N–H and O–H groups in total. The van der Waals surface area contributed by atoms with Gasteiger partial charge in [-0.15, -0.1) is 0 Å². The maximum atomic E-state index is 13.2. The predicted molar refractivity (Wildman–Crippen MR) is 162 cm³/mol. The first-order chi connectivity index (χ1) is 22.0. The molecule has 2 aliphatic rings. The highest BCUT2D eigenvalue weighted by Crippen LogP contribution is 2.39. The Morgan fingerprint density at radius 1 is 0.723 bits per heavy atom. The van der Waals surface area contributed by atoms with Gasteiger partial charge in [0.1, 0.15) is 31.0 Å². The number of esters is 4. The summed E-state index contributed by atoms with van der Waals surface area (Å²) >= 11 is 0. The number of carbonyl (C=O) groups excluding carboxylic acids is 4. The molecule has 272 valence electrons. The molecule has 0 aromatic heterocycles. The fourth-order valence-electron chi connectivity index (χ4n) is 5.03. The molecular formula is C32H54O15. The highest BCUT2D eigenvalue weighted by Gasteiger charge is 2.61. The first kappa shape index (κ1) is 40.8. The van der Waals surface area contributed by atoms with Crippen LogP contribution < -0.4 is 0 Å². The van der Waals surface area contributed by atoms with E-state index in [9.17, 15) is 39.6 Å². The number of hydrogen-bond acceptors (Lipinski definition) is 15. The Bertz CT molecular complexity index is 1030. The Hall–Kier alpha value is -2.40. The molecule has 2 heterocycles. The van der Waals surface area contributed by atoms with Crippen LogP contribution in [-0.4, -0.2) is 119 Å². The van der Waals surface area contributed by atoms with Gasteiger partial charge < -0.3 is 53.6 Å². The van der Waals surface area contributed by atoms with Crippen LogP contribution in [-0.2, 0) is 52.3 Å². The molecule has 0 aromatic carbocycles. The summed E-state index contributed by atoms with van der Waals surface area (Å²) in [5.41, 5.74) is 0. The average molecular weight is 679 g/mol. The first-order valence-corrected chi connectivity index (χ1v) is 16.3. The van der Waals surface area contributed by atoms with E-state index < -0.39 is 104 Å². The van der Waals surface area contributed by atoms with E-state index in [2.05, 4.69) is 0 Å². The third-order valence-corrected chi connectivity index (χ3v) is 7.73. The van der Waals surface area contributed by atoms with Crippen molar-refractivity contribution in [3.8, 4) is 0 Å². The van der Waals surface area contributed by atoms with Crippen molar-refractivity contribution in [1.82, 2.24) is 0 Å². The molecule has 0 bridgehead atoms. The molecule has 15 nitrogen and oxygen atoms in total. The third-order valence-electron chi connectivity index (χ3n) is 7.73. The van der Waals surface area contributed by atoms with Gasteiger partial charge in [0.15, 0.2) is 18.3 Å². The van der Waals surface area contributed by atoms with Crippen LogP contribution in [0, 0.1) is 23.7 Å². The zero-order chi connectivity index (χ0) is 35.6. The Balaban J connectivity index is 2.65. The molecule has 0 aromatic rings. The lowest BCUT2D eigenvalue weighted by atomic mass is 9.97. The molecule has 0 saturated carbocycles. The van der Waals surface area contributed by atoms with Gasteiger partial charge in [-0.25, -0.2) is 0 Å². The van der Waals surface area contributed by atoms with Gasteiger partial charge in [0.05, 0.1) is 19.1 Å². The molecule has 47 heavy (non-hydrogen) atoms. The van der Waals surface area contributed by atoms with Crippen molar-refractivity contribution >= 4 is 23.9 Å². The van der Waals surface area contributed by atoms with E-state index in [0.717, 1.165) is 0 Å². The molecule has 0 unspecified atom stereocenters. The van der Waals surface area contributed by atoms with E-state index >= 15 is 0 Å². The van der Waals surface area contributed by atoms with Crippen molar-refractivity contribution < 1.29 is 72.8 Å². The standard InChI is InChI=1S/C32H54O15/c1-9-19(8)30(40)45-27-26(43-23(36)11-17(4)5)21(14-34)42-31(28(27)44-24(37)12-18(6)7)47-32(15-41-22(35)10-16(2)3)29(39)25(38)20(13-33)46-32/h16-21,25-29,31,33-34,38-39H,9-15H2,1-8H3/t19-,20-,21-,25-,26-,27+,28-,29+,31-,32+/m1/s1. The largest absolute Gasteiger partial charge is 0.460 e. The van der Waals surface area contributed by atoms with Crippen molar-refractivity contribution in [2.24, 2.45) is 23.7 Å². The van der Waals surface area contributed by atoms with E-state index in [1.54, 1.807) is 55.4 Å². The Morgan fingerprint density at radius 2 is 1.23 bits per heavy atom. The summed E-state index contributed by atoms with van der Waals surface area (Å²) < 4.78 is 40.5. The van der Waals surface area contributed by atoms with Crippen molar-refractivity contribution in [2.45, 2.75) is 136 Å². The average Bonchev–Trinajstić information content (AvgIpc) is 3.21. The van der Waals surface area contributed by atoms with Crippen molar-refractivity contribution in [3.63, 3.8) is 0 Å². The molecule has 0 amide bonds. The third kappa shape index (κ3) is 11.3. The molecule has 2 aliphatic heterocycles. The first-order valence-electron chi connectivity index (χ1n) is 16.3. The normalized spacial score (nSPS) is 31.6. The molecule has 0 radical (unpaired) electrons. The second kappa shape index (κ2) is 18.4. The molecule has 2 saturated heterocycles. The molecule has 10 atom stereocenters. The van der Waals surface area contributed by atoms with Gasteiger partial charge in [-0.1, -0.05) is 55.4 Å². The Kier molecular flexibility index (Phi) is 16.0. The summed E-state index contributed by atoms with van der Waals surface area (Å²) in [4.78, 5) is 51.7. The van der Waals surface area contributed by atoms with Crippen LogP contribution in [0.1, 0.15) is 81.1 Å². The number of aliphatic hydroxyl groups is 4. The molecule has 2 rings (SSSR count). The predicted octanol–water partition coefficient (Wildman–Crippen LogP) is 0.992. The molecule has 15 heteroatoms. The Labute approximate surface area is 276 Å². The van der Waals surface area contributed by atoms with E-state index in [1.807, 2.05) is 0 Å². The lowest BCUT2D eigenvalue weighted by molar-refractivity contribution is -0.384. The smallest absolute Gasteiger partial charge is 0.309 e. The van der Waals surface area contributed by atoms with E-state index in [0.29, 0.717) is 6.42 Å². The van der Waals surface area contributed by atoms with Gasteiger partial charge in [-0.2, -0.15) is 0 Å². The summed E-state index contributed by atoms with van der Waals surface area (Å²) in [6.45, 7) is 11.7. The number of hydrogen-bond donors (Lipinski definition) is 4. The van der Waals surface area contributed by atoms with Crippen molar-refractivity contribution in [2.75, 3.05) is 19.8 Å². The van der Waals surface area contributed by atoms with Crippen LogP contribution in [0.2, 0.25) is 0 Å². The molecular weight excluding hydrogens is 624 g/mol. The fourth-order valence-corrected chi connectivity index (χ4v) is 5.03. The summed E-state index contributed by atoms with van der Waals surface area (Å²) in [7, 11) is 0. The summed E-state index contributed by atoms with van der Waals surface area (Å²) in [6.07, 6.45) is -12.7. The zero-order valence-corrected chi connectivity index (χ0v) is 28.7. The highest BCUT2D eigenvalue weighted by molar-refractivity contribution is 5.73.